The van der Waals surface area contributed by atoms with Gasteiger partial charge in [0.25, 0.3) is 0 Å². The van der Waals surface area contributed by atoms with Crippen LogP contribution in [-0.2, 0) is 6.54 Å². The van der Waals surface area contributed by atoms with Crippen LogP contribution in [0.15, 0.2) is 41.1 Å². The van der Waals surface area contributed by atoms with Gasteiger partial charge < -0.3 is 9.63 Å². The van der Waals surface area contributed by atoms with Crippen molar-refractivity contribution in [2.75, 3.05) is 0 Å². The van der Waals surface area contributed by atoms with Gasteiger partial charge in [0.2, 0.25) is 0 Å². The van der Waals surface area contributed by atoms with Crippen molar-refractivity contribution in [3.05, 3.63) is 53.0 Å². The van der Waals surface area contributed by atoms with Crippen LogP contribution in [0.1, 0.15) is 16.2 Å². The molecule has 2 aromatic heterocycles. The Kier molecular flexibility index (Phi) is 3.41. The van der Waals surface area contributed by atoms with E-state index in [-0.39, 0.29) is 12.2 Å². The molecule has 3 aromatic rings. The van der Waals surface area contributed by atoms with Crippen LogP contribution in [0.4, 0.5) is 0 Å². The zero-order valence-electron chi connectivity index (χ0n) is 10.6. The monoisotopic (exact) mass is 304 g/mol. The fourth-order valence-electron chi connectivity index (χ4n) is 1.93. The van der Waals surface area contributed by atoms with Crippen molar-refractivity contribution >= 4 is 17.6 Å². The van der Waals surface area contributed by atoms with Gasteiger partial charge in [-0.2, -0.15) is 0 Å². The van der Waals surface area contributed by atoms with Gasteiger partial charge in [0.15, 0.2) is 11.5 Å². The lowest BCUT2D eigenvalue weighted by Crippen LogP contribution is -2.05. The maximum absolute atomic E-state index is 11.3. The van der Waals surface area contributed by atoms with Crippen molar-refractivity contribution in [2.24, 2.45) is 0 Å². The van der Waals surface area contributed by atoms with Crippen molar-refractivity contribution in [1.29, 1.82) is 0 Å². The smallest absolute Gasteiger partial charge is 0.358 e. The Morgan fingerprint density at radius 1 is 1.29 bits per heavy atom. The molecule has 1 aromatic carbocycles. The van der Waals surface area contributed by atoms with Crippen LogP contribution in [0.5, 0.6) is 0 Å². The molecule has 2 heterocycles. The quantitative estimate of drug-likeness (QED) is 0.795. The summed E-state index contributed by atoms with van der Waals surface area (Å²) in [6, 6.07) is 8.45. The highest BCUT2D eigenvalue weighted by Gasteiger charge is 2.21. The first kappa shape index (κ1) is 13.3. The van der Waals surface area contributed by atoms with E-state index in [0.717, 1.165) is 0 Å². The number of halogens is 1. The van der Waals surface area contributed by atoms with Crippen LogP contribution in [0, 0.1) is 0 Å². The maximum atomic E-state index is 11.3. The second-order valence-corrected chi connectivity index (χ2v) is 4.67. The minimum absolute atomic E-state index is 0.128. The lowest BCUT2D eigenvalue weighted by molar-refractivity contribution is 0.0691. The number of carboxylic acid groups (broad SMARTS) is 1. The molecule has 0 spiro atoms. The van der Waals surface area contributed by atoms with E-state index >= 15 is 0 Å². The Hall–Kier alpha value is -2.67. The molecule has 0 atom stereocenters. The number of benzene rings is 1. The Morgan fingerprint density at radius 2 is 2.05 bits per heavy atom. The summed E-state index contributed by atoms with van der Waals surface area (Å²) in [4.78, 5) is 11.3. The third kappa shape index (κ3) is 2.63. The second kappa shape index (κ2) is 5.37. The molecular weight excluding hydrogens is 296 g/mol. The Bertz CT molecular complexity index is 765. The third-order valence-electron chi connectivity index (χ3n) is 2.85. The third-order valence-corrected chi connectivity index (χ3v) is 3.10. The highest BCUT2D eigenvalue weighted by Crippen LogP contribution is 2.24. The van der Waals surface area contributed by atoms with Crippen LogP contribution in [0.3, 0.4) is 0 Å². The molecule has 7 nitrogen and oxygen atoms in total. The van der Waals surface area contributed by atoms with E-state index in [4.69, 9.17) is 16.1 Å². The summed E-state index contributed by atoms with van der Waals surface area (Å²) in [7, 11) is 0. The largest absolute Gasteiger partial charge is 0.476 e. The Balaban J connectivity index is 2.08. The van der Waals surface area contributed by atoms with Crippen LogP contribution in [-0.4, -0.2) is 31.2 Å². The van der Waals surface area contributed by atoms with Gasteiger partial charge in [-0.1, -0.05) is 34.1 Å². The van der Waals surface area contributed by atoms with Crippen molar-refractivity contribution < 1.29 is 14.4 Å². The molecule has 8 heteroatoms. The van der Waals surface area contributed by atoms with E-state index in [0.29, 0.717) is 22.0 Å². The summed E-state index contributed by atoms with van der Waals surface area (Å²) >= 11 is 5.85. The number of rotatable bonds is 4. The number of hydrogen-bond acceptors (Lipinski definition) is 5. The lowest BCUT2D eigenvalue weighted by atomic mass is 10.1. The first-order valence-corrected chi connectivity index (χ1v) is 6.35. The van der Waals surface area contributed by atoms with Gasteiger partial charge >= 0.3 is 5.97 Å². The molecule has 106 valence electrons. The summed E-state index contributed by atoms with van der Waals surface area (Å²) in [5, 5.41) is 21.0. The molecule has 0 aliphatic carbocycles. The van der Waals surface area contributed by atoms with Crippen LogP contribution in [0.2, 0.25) is 5.02 Å². The van der Waals surface area contributed by atoms with Gasteiger partial charge in [-0.15, -0.1) is 5.10 Å². The van der Waals surface area contributed by atoms with Gasteiger partial charge in [-0.3, -0.25) is 0 Å². The normalized spacial score (nSPS) is 10.7. The predicted molar refractivity (Wildman–Crippen MR) is 73.0 cm³/mol. The van der Waals surface area contributed by atoms with Crippen molar-refractivity contribution in [3.8, 4) is 11.3 Å². The van der Waals surface area contributed by atoms with Crippen LogP contribution in [0.25, 0.3) is 11.3 Å². The van der Waals surface area contributed by atoms with E-state index < -0.39 is 5.97 Å². The second-order valence-electron chi connectivity index (χ2n) is 4.24. The number of carbonyl (C=O) groups is 1. The topological polar surface area (TPSA) is 94.0 Å². The predicted octanol–water partition coefficient (Wildman–Crippen LogP) is 2.33. The molecular formula is C13H9ClN4O3. The molecule has 1 N–H and O–H groups in total. The van der Waals surface area contributed by atoms with E-state index in [1.54, 1.807) is 30.3 Å². The minimum atomic E-state index is -1.15. The molecule has 0 fully saturated rings. The molecule has 0 aliphatic rings. The van der Waals surface area contributed by atoms with Gasteiger partial charge in [0.1, 0.15) is 12.2 Å². The molecule has 0 amide bonds. The molecule has 21 heavy (non-hydrogen) atoms. The fourth-order valence-corrected chi connectivity index (χ4v) is 2.06. The summed E-state index contributed by atoms with van der Waals surface area (Å²) in [5.41, 5.74) is 0.911. The molecule has 0 saturated carbocycles. The summed E-state index contributed by atoms with van der Waals surface area (Å²) in [5.74, 6) is -0.601. The molecule has 0 aliphatic heterocycles. The summed E-state index contributed by atoms with van der Waals surface area (Å²) < 4.78 is 6.46. The van der Waals surface area contributed by atoms with Crippen molar-refractivity contribution in [1.82, 2.24) is 20.2 Å². The zero-order chi connectivity index (χ0) is 14.8. The van der Waals surface area contributed by atoms with E-state index in [2.05, 4.69) is 15.5 Å². The number of aromatic nitrogens is 4. The molecule has 0 radical (unpaired) electrons. The van der Waals surface area contributed by atoms with Gasteiger partial charge in [0, 0.05) is 16.7 Å². The first-order valence-electron chi connectivity index (χ1n) is 5.97. The fraction of sp³-hybridized carbons (Fsp3) is 0.0769. The Labute approximate surface area is 123 Å². The summed E-state index contributed by atoms with van der Waals surface area (Å²) in [6.07, 6.45) is 1.51. The highest BCUT2D eigenvalue weighted by atomic mass is 35.5. The molecule has 0 bridgehead atoms. The van der Waals surface area contributed by atoms with Gasteiger partial charge in [-0.05, 0) is 12.1 Å². The summed E-state index contributed by atoms with van der Waals surface area (Å²) in [6.45, 7) is 0.234. The van der Waals surface area contributed by atoms with Crippen LogP contribution >= 0.6 is 11.6 Å². The standard InChI is InChI=1S/C13H9ClN4O3/c14-9-3-1-8(2-4-9)12-11(13(19)20)16-17-18(12)7-10-5-6-15-21-10/h1-6H,7H2,(H,19,20). The number of nitrogens with zero attached hydrogens (tertiary/aromatic N) is 4. The van der Waals surface area contributed by atoms with E-state index in [1.807, 2.05) is 0 Å². The highest BCUT2D eigenvalue weighted by molar-refractivity contribution is 6.30. The lowest BCUT2D eigenvalue weighted by Gasteiger charge is -2.05. The molecule has 0 unspecified atom stereocenters. The zero-order valence-corrected chi connectivity index (χ0v) is 11.4. The molecule has 3 rings (SSSR count). The molecule has 0 saturated heterocycles. The minimum Gasteiger partial charge on any atom is -0.476 e. The number of aromatic carboxylic acids is 1. The average Bonchev–Trinajstić information content (AvgIpc) is 3.10. The Morgan fingerprint density at radius 3 is 2.67 bits per heavy atom. The average molecular weight is 305 g/mol. The van der Waals surface area contributed by atoms with Crippen molar-refractivity contribution in [2.45, 2.75) is 6.54 Å². The van der Waals surface area contributed by atoms with Gasteiger partial charge in [-0.25, -0.2) is 9.48 Å². The number of hydrogen-bond donors (Lipinski definition) is 1. The van der Waals surface area contributed by atoms with Gasteiger partial charge in [0.05, 0.1) is 6.20 Å². The SMILES string of the molecule is O=C(O)c1nnn(Cc2ccno2)c1-c1ccc(Cl)cc1. The van der Waals surface area contributed by atoms with E-state index in [1.165, 1.54) is 10.9 Å². The van der Waals surface area contributed by atoms with E-state index in [9.17, 15) is 9.90 Å². The van der Waals surface area contributed by atoms with Crippen LogP contribution < -0.4 is 0 Å². The maximum Gasteiger partial charge on any atom is 0.358 e. The first-order chi connectivity index (χ1) is 10.1. The number of carboxylic acids is 1. The van der Waals surface area contributed by atoms with Crippen molar-refractivity contribution in [3.63, 3.8) is 0 Å².